The number of imidazole rings is 1. The molecule has 4 aromatic rings. The van der Waals surface area contributed by atoms with Gasteiger partial charge < -0.3 is 10.1 Å². The van der Waals surface area contributed by atoms with Gasteiger partial charge in [0, 0.05) is 19.2 Å². The molecule has 0 bridgehead atoms. The van der Waals surface area contributed by atoms with E-state index in [0.717, 1.165) is 39.3 Å². The summed E-state index contributed by atoms with van der Waals surface area (Å²) in [4.78, 5) is 9.53. The maximum Gasteiger partial charge on any atom is 0.181 e. The average molecular weight is 359 g/mol. The van der Waals surface area contributed by atoms with Gasteiger partial charge in [0.2, 0.25) is 0 Å². The van der Waals surface area contributed by atoms with Crippen molar-refractivity contribution in [1.29, 1.82) is 0 Å². The Bertz CT molecular complexity index is 1130. The maximum absolute atomic E-state index is 5.16. The number of nitrogens with zero attached hydrogens (tertiary/aromatic N) is 3. The van der Waals surface area contributed by atoms with E-state index in [0.29, 0.717) is 13.2 Å². The van der Waals surface area contributed by atoms with Crippen molar-refractivity contribution in [2.75, 3.05) is 25.6 Å². The van der Waals surface area contributed by atoms with Gasteiger partial charge in [-0.1, -0.05) is 24.3 Å². The molecule has 0 unspecified atom stereocenters. The molecule has 0 aliphatic rings. The minimum absolute atomic E-state index is 0.605. The molecular formula is C22H23N4O. The predicted molar refractivity (Wildman–Crippen MR) is 110 cm³/mol. The number of nitrogens with one attached hydrogen (secondary N) is 1. The van der Waals surface area contributed by atoms with Gasteiger partial charge in [0.1, 0.15) is 0 Å². The number of hydrogen-bond donors (Lipinski definition) is 1. The van der Waals surface area contributed by atoms with Crippen LogP contribution in [0.3, 0.4) is 0 Å². The first-order valence-corrected chi connectivity index (χ1v) is 9.02. The fourth-order valence-electron chi connectivity index (χ4n) is 3.34. The van der Waals surface area contributed by atoms with E-state index in [1.807, 2.05) is 24.4 Å². The molecule has 2 aromatic carbocycles. The Morgan fingerprint density at radius 3 is 2.70 bits per heavy atom. The smallest absolute Gasteiger partial charge is 0.181 e. The van der Waals surface area contributed by atoms with Crippen LogP contribution in [0.4, 0.5) is 5.82 Å². The summed E-state index contributed by atoms with van der Waals surface area (Å²) >= 11 is 0. The monoisotopic (exact) mass is 359 g/mol. The number of aryl methyl sites for hydroxylation is 2. The van der Waals surface area contributed by atoms with Gasteiger partial charge in [-0.3, -0.25) is 4.40 Å². The van der Waals surface area contributed by atoms with E-state index in [-0.39, 0.29) is 0 Å². The molecule has 0 spiro atoms. The van der Waals surface area contributed by atoms with Crippen molar-refractivity contribution in [3.8, 4) is 11.3 Å². The van der Waals surface area contributed by atoms with E-state index in [4.69, 9.17) is 9.72 Å². The number of methoxy groups -OCH3 is 1. The molecule has 5 nitrogen and oxygen atoms in total. The van der Waals surface area contributed by atoms with Crippen LogP contribution in [0.5, 0.6) is 0 Å². The molecule has 0 atom stereocenters. The Hall–Kier alpha value is -2.92. The molecule has 0 fully saturated rings. The van der Waals surface area contributed by atoms with Gasteiger partial charge in [-0.2, -0.15) is 0 Å². The van der Waals surface area contributed by atoms with E-state index in [2.05, 4.69) is 53.7 Å². The normalized spacial score (nSPS) is 11.4. The number of benzene rings is 2. The van der Waals surface area contributed by atoms with Crippen molar-refractivity contribution >= 4 is 22.5 Å². The highest BCUT2D eigenvalue weighted by Gasteiger charge is 2.16. The molecular weight excluding hydrogens is 336 g/mol. The molecule has 2 aromatic heterocycles. The van der Waals surface area contributed by atoms with Gasteiger partial charge in [-0.25, -0.2) is 9.97 Å². The number of rotatable bonds is 5. The molecule has 2 heterocycles. The minimum Gasteiger partial charge on any atom is -0.383 e. The van der Waals surface area contributed by atoms with Gasteiger partial charge in [-0.05, 0) is 49.6 Å². The van der Waals surface area contributed by atoms with Gasteiger partial charge in [-0.15, -0.1) is 0 Å². The van der Waals surface area contributed by atoms with Crippen LogP contribution < -0.4 is 5.32 Å². The second-order valence-electron chi connectivity index (χ2n) is 6.76. The largest absolute Gasteiger partial charge is 0.383 e. The zero-order valence-electron chi connectivity index (χ0n) is 15.9. The lowest BCUT2D eigenvalue weighted by Gasteiger charge is -2.13. The molecule has 4 rings (SSSR count). The summed E-state index contributed by atoms with van der Waals surface area (Å²) in [5, 5.41) is 3.36. The van der Waals surface area contributed by atoms with Crippen molar-refractivity contribution in [3.63, 3.8) is 0 Å². The van der Waals surface area contributed by atoms with Gasteiger partial charge in [0.05, 0.1) is 29.5 Å². The highest BCUT2D eigenvalue weighted by atomic mass is 16.5. The lowest BCUT2D eigenvalue weighted by molar-refractivity contribution is 0.210. The summed E-state index contributed by atoms with van der Waals surface area (Å²) in [6, 6.07) is 12.4. The van der Waals surface area contributed by atoms with Crippen LogP contribution in [0.2, 0.25) is 0 Å². The molecule has 1 radical (unpaired) electrons. The second-order valence-corrected chi connectivity index (χ2v) is 6.76. The minimum atomic E-state index is 0.605. The molecule has 27 heavy (non-hydrogen) atoms. The highest BCUT2D eigenvalue weighted by molar-refractivity contribution is 5.87. The van der Waals surface area contributed by atoms with Gasteiger partial charge in [0.15, 0.2) is 11.5 Å². The van der Waals surface area contributed by atoms with Gasteiger partial charge in [0.25, 0.3) is 0 Å². The Morgan fingerprint density at radius 2 is 1.93 bits per heavy atom. The maximum atomic E-state index is 5.16. The van der Waals surface area contributed by atoms with Gasteiger partial charge >= 0.3 is 0 Å². The number of anilines is 1. The first-order chi connectivity index (χ1) is 13.1. The Balaban J connectivity index is 2.03. The fourth-order valence-corrected chi connectivity index (χ4v) is 3.34. The number of ether oxygens (including phenoxy) is 1. The van der Waals surface area contributed by atoms with E-state index in [1.54, 1.807) is 7.11 Å². The number of fused-ring (bicyclic) bond motifs is 3. The zero-order valence-corrected chi connectivity index (χ0v) is 15.9. The third-order valence-corrected chi connectivity index (χ3v) is 4.93. The molecule has 0 amide bonds. The van der Waals surface area contributed by atoms with Crippen molar-refractivity contribution in [2.24, 2.45) is 0 Å². The summed E-state index contributed by atoms with van der Waals surface area (Å²) < 4.78 is 7.34. The third kappa shape index (κ3) is 3.04. The Kier molecular flexibility index (Phi) is 4.54. The van der Waals surface area contributed by atoms with Crippen LogP contribution in [0, 0.1) is 20.8 Å². The Labute approximate surface area is 159 Å². The summed E-state index contributed by atoms with van der Waals surface area (Å²) in [5.41, 5.74) is 8.29. The van der Waals surface area contributed by atoms with E-state index < -0.39 is 0 Å². The lowest BCUT2D eigenvalue weighted by Crippen LogP contribution is -2.11. The van der Waals surface area contributed by atoms with Crippen molar-refractivity contribution in [3.05, 3.63) is 66.2 Å². The van der Waals surface area contributed by atoms with Crippen LogP contribution in [0.25, 0.3) is 27.9 Å². The molecule has 0 saturated heterocycles. The van der Waals surface area contributed by atoms with Crippen LogP contribution in [-0.4, -0.2) is 34.6 Å². The highest BCUT2D eigenvalue weighted by Crippen LogP contribution is 2.31. The van der Waals surface area contributed by atoms with E-state index in [1.165, 1.54) is 11.1 Å². The molecule has 1 N–H and O–H groups in total. The molecule has 0 aliphatic heterocycles. The predicted octanol–water partition coefficient (Wildman–Crippen LogP) is 4.41. The SMILES string of the molecule is [CH2]c1ccccc1-c1cnc2c(NCCOC)nc3cc(C)c(C)cc3n12. The van der Waals surface area contributed by atoms with Crippen LogP contribution in [-0.2, 0) is 4.74 Å². The summed E-state index contributed by atoms with van der Waals surface area (Å²) in [7, 11) is 1.69. The fraction of sp³-hybridized carbons (Fsp3) is 0.227. The lowest BCUT2D eigenvalue weighted by atomic mass is 10.1. The van der Waals surface area contributed by atoms with Crippen molar-refractivity contribution in [1.82, 2.24) is 14.4 Å². The quantitative estimate of drug-likeness (QED) is 0.536. The zero-order chi connectivity index (χ0) is 19.0. The van der Waals surface area contributed by atoms with Crippen molar-refractivity contribution < 1.29 is 4.74 Å². The summed E-state index contributed by atoms with van der Waals surface area (Å²) in [5.74, 6) is 0.760. The first kappa shape index (κ1) is 17.5. The molecule has 0 saturated carbocycles. The number of hydrogen-bond acceptors (Lipinski definition) is 4. The summed E-state index contributed by atoms with van der Waals surface area (Å²) in [6.07, 6.45) is 1.90. The molecule has 137 valence electrons. The van der Waals surface area contributed by atoms with E-state index in [9.17, 15) is 0 Å². The number of aromatic nitrogens is 3. The van der Waals surface area contributed by atoms with Crippen LogP contribution in [0.1, 0.15) is 16.7 Å². The van der Waals surface area contributed by atoms with Crippen LogP contribution in [0.15, 0.2) is 42.6 Å². The first-order valence-electron chi connectivity index (χ1n) is 9.02. The third-order valence-electron chi connectivity index (χ3n) is 4.93. The van der Waals surface area contributed by atoms with Crippen molar-refractivity contribution in [2.45, 2.75) is 13.8 Å². The van der Waals surface area contributed by atoms with E-state index >= 15 is 0 Å². The molecule has 5 heteroatoms. The van der Waals surface area contributed by atoms with Crippen LogP contribution >= 0.6 is 0 Å². The Morgan fingerprint density at radius 1 is 1.15 bits per heavy atom. The summed E-state index contributed by atoms with van der Waals surface area (Å²) in [6.45, 7) is 9.70. The second kappa shape index (κ2) is 7.00. The average Bonchev–Trinajstić information content (AvgIpc) is 3.09. The topological polar surface area (TPSA) is 51.5 Å². The standard InChI is InChI=1S/C22H23N4O/c1-14-7-5-6-8-17(14)20-13-24-22-21(23-9-10-27-4)25-18-11-15(2)16(3)12-19(18)26(20)22/h5-8,11-13H,1,9-10H2,2-4H3,(H,23,25). The molecule has 0 aliphatic carbocycles.